The van der Waals surface area contributed by atoms with Gasteiger partial charge in [-0.1, -0.05) is 20.3 Å². The average molecular weight is 181 g/mol. The van der Waals surface area contributed by atoms with Crippen molar-refractivity contribution in [2.75, 3.05) is 19.6 Å². The van der Waals surface area contributed by atoms with Gasteiger partial charge in [0.05, 0.1) is 0 Å². The minimum Gasteiger partial charge on any atom is -0.303 e. The molecule has 1 aliphatic carbocycles. The molecule has 0 aromatic heterocycles. The molecule has 2 aliphatic rings. The molecule has 1 saturated carbocycles. The highest BCUT2D eigenvalue weighted by atomic mass is 15.1. The number of hydrogen-bond donors (Lipinski definition) is 0. The van der Waals surface area contributed by atoms with Crippen molar-refractivity contribution in [2.24, 2.45) is 11.3 Å². The number of rotatable bonds is 2. The van der Waals surface area contributed by atoms with E-state index >= 15 is 0 Å². The van der Waals surface area contributed by atoms with E-state index in [0.717, 1.165) is 5.92 Å². The van der Waals surface area contributed by atoms with E-state index in [1.165, 1.54) is 51.7 Å². The van der Waals surface area contributed by atoms with Crippen molar-refractivity contribution in [1.82, 2.24) is 4.90 Å². The van der Waals surface area contributed by atoms with E-state index in [1.807, 2.05) is 0 Å². The Balaban J connectivity index is 1.82. The molecule has 1 aliphatic heterocycles. The molecular formula is C12H23N. The molecule has 0 radical (unpaired) electrons. The van der Waals surface area contributed by atoms with Gasteiger partial charge in [0.2, 0.25) is 0 Å². The minimum atomic E-state index is 0.712. The summed E-state index contributed by atoms with van der Waals surface area (Å²) in [7, 11) is 0. The first kappa shape index (κ1) is 9.51. The van der Waals surface area contributed by atoms with Gasteiger partial charge in [0, 0.05) is 13.1 Å². The fraction of sp³-hybridized carbons (Fsp3) is 1.00. The molecule has 1 saturated heterocycles. The average Bonchev–Trinajstić information content (AvgIpc) is 2.79. The van der Waals surface area contributed by atoms with Crippen LogP contribution in [0.15, 0.2) is 0 Å². The molecule has 1 atom stereocenters. The predicted octanol–water partition coefficient (Wildman–Crippen LogP) is 2.91. The second kappa shape index (κ2) is 3.61. The summed E-state index contributed by atoms with van der Waals surface area (Å²) in [5.74, 6) is 0.935. The molecule has 1 heteroatoms. The number of hydrogen-bond acceptors (Lipinski definition) is 1. The second-order valence-electron chi connectivity index (χ2n) is 5.65. The van der Waals surface area contributed by atoms with Crippen LogP contribution in [0.4, 0.5) is 0 Å². The van der Waals surface area contributed by atoms with Crippen LogP contribution in [0.5, 0.6) is 0 Å². The van der Waals surface area contributed by atoms with E-state index in [9.17, 15) is 0 Å². The third-order valence-corrected chi connectivity index (χ3v) is 3.70. The zero-order valence-corrected chi connectivity index (χ0v) is 9.18. The van der Waals surface area contributed by atoms with Gasteiger partial charge in [-0.2, -0.15) is 0 Å². The van der Waals surface area contributed by atoms with Gasteiger partial charge in [-0.15, -0.1) is 0 Å². The lowest BCUT2D eigenvalue weighted by molar-refractivity contribution is 0.215. The normalized spacial score (nSPS) is 34.2. The van der Waals surface area contributed by atoms with E-state index in [0.29, 0.717) is 5.41 Å². The summed E-state index contributed by atoms with van der Waals surface area (Å²) in [5, 5.41) is 0. The maximum absolute atomic E-state index is 2.71. The fourth-order valence-electron chi connectivity index (χ4n) is 2.51. The van der Waals surface area contributed by atoms with E-state index in [4.69, 9.17) is 0 Å². The van der Waals surface area contributed by atoms with Gasteiger partial charge < -0.3 is 4.90 Å². The van der Waals surface area contributed by atoms with Crippen LogP contribution >= 0.6 is 0 Å². The highest BCUT2D eigenvalue weighted by Gasteiger charge is 2.38. The molecule has 0 aromatic carbocycles. The van der Waals surface area contributed by atoms with Crippen molar-refractivity contribution < 1.29 is 0 Å². The van der Waals surface area contributed by atoms with Gasteiger partial charge in [0.15, 0.2) is 0 Å². The first-order valence-electron chi connectivity index (χ1n) is 5.90. The quantitative estimate of drug-likeness (QED) is 0.633. The third-order valence-electron chi connectivity index (χ3n) is 3.70. The van der Waals surface area contributed by atoms with Gasteiger partial charge in [-0.25, -0.2) is 0 Å². The molecule has 0 aromatic rings. The van der Waals surface area contributed by atoms with Crippen molar-refractivity contribution in [3.8, 4) is 0 Å². The Morgan fingerprint density at radius 1 is 1.31 bits per heavy atom. The largest absolute Gasteiger partial charge is 0.303 e. The van der Waals surface area contributed by atoms with Crippen LogP contribution in [0, 0.1) is 11.3 Å². The van der Waals surface area contributed by atoms with Gasteiger partial charge >= 0.3 is 0 Å². The molecule has 0 spiro atoms. The third kappa shape index (κ3) is 2.70. The lowest BCUT2D eigenvalue weighted by atomic mass is 10.1. The summed E-state index contributed by atoms with van der Waals surface area (Å²) in [5.41, 5.74) is 0.712. The van der Waals surface area contributed by atoms with Crippen molar-refractivity contribution in [1.29, 1.82) is 0 Å². The van der Waals surface area contributed by atoms with Gasteiger partial charge in [-0.05, 0) is 43.6 Å². The number of likely N-dealkylation sites (tertiary alicyclic amines) is 1. The lowest BCUT2D eigenvalue weighted by Gasteiger charge is -2.25. The van der Waals surface area contributed by atoms with Crippen LogP contribution in [0.1, 0.15) is 46.0 Å². The van der Waals surface area contributed by atoms with Crippen LogP contribution in [0.2, 0.25) is 0 Å². The predicted molar refractivity (Wildman–Crippen MR) is 56.8 cm³/mol. The molecule has 2 rings (SSSR count). The summed E-state index contributed by atoms with van der Waals surface area (Å²) in [6.45, 7) is 8.95. The molecule has 1 nitrogen and oxygen atoms in total. The monoisotopic (exact) mass is 181 g/mol. The summed E-state index contributed by atoms with van der Waals surface area (Å²) in [4.78, 5) is 2.71. The van der Waals surface area contributed by atoms with Gasteiger partial charge in [-0.3, -0.25) is 0 Å². The standard InChI is InChI=1S/C12H23N/c1-11-5-3-4-8-13(9-11)10-12(2)6-7-12/h11H,3-10H2,1-2H3. The second-order valence-corrected chi connectivity index (χ2v) is 5.65. The van der Waals surface area contributed by atoms with Gasteiger partial charge in [0.1, 0.15) is 0 Å². The molecule has 0 N–H and O–H groups in total. The summed E-state index contributed by atoms with van der Waals surface area (Å²) >= 11 is 0. The summed E-state index contributed by atoms with van der Waals surface area (Å²) in [6, 6.07) is 0. The molecule has 76 valence electrons. The SMILES string of the molecule is CC1CCCCN(CC2(C)CC2)C1. The molecule has 2 fully saturated rings. The molecule has 13 heavy (non-hydrogen) atoms. The Morgan fingerprint density at radius 2 is 2.08 bits per heavy atom. The highest BCUT2D eigenvalue weighted by molar-refractivity contribution is 4.91. The lowest BCUT2D eigenvalue weighted by Crippen LogP contribution is -2.32. The van der Waals surface area contributed by atoms with E-state index in [2.05, 4.69) is 18.7 Å². The first-order valence-corrected chi connectivity index (χ1v) is 5.90. The van der Waals surface area contributed by atoms with Crippen LogP contribution in [0.3, 0.4) is 0 Å². The molecule has 1 heterocycles. The summed E-state index contributed by atoms with van der Waals surface area (Å²) < 4.78 is 0. The smallest absolute Gasteiger partial charge is 0.00354 e. The Kier molecular flexibility index (Phi) is 2.64. The zero-order valence-electron chi connectivity index (χ0n) is 9.18. The van der Waals surface area contributed by atoms with Crippen molar-refractivity contribution >= 4 is 0 Å². The summed E-state index contributed by atoms with van der Waals surface area (Å²) in [6.07, 6.45) is 7.28. The molecular weight excluding hydrogens is 158 g/mol. The van der Waals surface area contributed by atoms with Gasteiger partial charge in [0.25, 0.3) is 0 Å². The van der Waals surface area contributed by atoms with Crippen LogP contribution in [-0.4, -0.2) is 24.5 Å². The molecule has 1 unspecified atom stereocenters. The minimum absolute atomic E-state index is 0.712. The van der Waals surface area contributed by atoms with Crippen molar-refractivity contribution in [3.63, 3.8) is 0 Å². The maximum atomic E-state index is 2.71. The molecule has 0 amide bonds. The Labute approximate surface area is 82.5 Å². The van der Waals surface area contributed by atoms with Crippen molar-refractivity contribution in [3.05, 3.63) is 0 Å². The van der Waals surface area contributed by atoms with Crippen LogP contribution < -0.4 is 0 Å². The molecule has 0 bridgehead atoms. The zero-order chi connectivity index (χ0) is 9.31. The first-order chi connectivity index (χ1) is 6.18. The Hall–Kier alpha value is -0.0400. The Morgan fingerprint density at radius 3 is 2.77 bits per heavy atom. The maximum Gasteiger partial charge on any atom is 0.00354 e. The fourth-order valence-corrected chi connectivity index (χ4v) is 2.51. The van der Waals surface area contributed by atoms with E-state index in [-0.39, 0.29) is 0 Å². The highest BCUT2D eigenvalue weighted by Crippen LogP contribution is 2.45. The van der Waals surface area contributed by atoms with E-state index in [1.54, 1.807) is 0 Å². The van der Waals surface area contributed by atoms with Crippen LogP contribution in [-0.2, 0) is 0 Å². The number of nitrogens with zero attached hydrogens (tertiary/aromatic N) is 1. The van der Waals surface area contributed by atoms with Crippen molar-refractivity contribution in [2.45, 2.75) is 46.0 Å². The topological polar surface area (TPSA) is 3.24 Å². The Bertz CT molecular complexity index is 172. The van der Waals surface area contributed by atoms with Crippen LogP contribution in [0.25, 0.3) is 0 Å². The van der Waals surface area contributed by atoms with E-state index < -0.39 is 0 Å².